The summed E-state index contributed by atoms with van der Waals surface area (Å²) in [7, 11) is 0. The molecule has 0 amide bonds. The Bertz CT molecular complexity index is 672. The lowest BCUT2D eigenvalue weighted by Gasteiger charge is -2.00. The molecule has 0 radical (unpaired) electrons. The topological polar surface area (TPSA) is 26.0 Å². The molecule has 3 aromatic rings. The van der Waals surface area contributed by atoms with Gasteiger partial charge in [0, 0.05) is 30.6 Å². The highest BCUT2D eigenvalue weighted by Crippen LogP contribution is 2.39. The van der Waals surface area contributed by atoms with E-state index in [1.807, 2.05) is 0 Å². The summed E-state index contributed by atoms with van der Waals surface area (Å²) in [5.74, 6) is 0.891. The first-order valence-corrected chi connectivity index (χ1v) is 7.78. The summed E-state index contributed by atoms with van der Waals surface area (Å²) in [6.45, 7) is 8.51. The van der Waals surface area contributed by atoms with E-state index in [-0.39, 0.29) is 0 Å². The maximum Gasteiger partial charge on any atom is 0.182 e. The van der Waals surface area contributed by atoms with Crippen LogP contribution in [0.5, 0.6) is 0 Å². The van der Waals surface area contributed by atoms with Crippen molar-refractivity contribution in [1.82, 2.24) is 4.98 Å². The summed E-state index contributed by atoms with van der Waals surface area (Å²) < 4.78 is 5.66. The van der Waals surface area contributed by atoms with Crippen molar-refractivity contribution in [2.45, 2.75) is 27.7 Å². The molecule has 0 saturated carbocycles. The predicted molar refractivity (Wildman–Crippen MR) is 82.1 cm³/mol. The lowest BCUT2D eigenvalue weighted by molar-refractivity contribution is 0.572. The largest absolute Gasteiger partial charge is 0.443 e. The normalized spacial score (nSPS) is 11.2. The van der Waals surface area contributed by atoms with Crippen LogP contribution in [0.4, 0.5) is 0 Å². The number of aryl methyl sites for hydroxylation is 4. The molecular weight excluding hydrogens is 274 g/mol. The van der Waals surface area contributed by atoms with Crippen molar-refractivity contribution in [3.8, 4) is 22.6 Å². The van der Waals surface area contributed by atoms with Crippen LogP contribution in [0.1, 0.15) is 19.5 Å². The summed E-state index contributed by atoms with van der Waals surface area (Å²) in [5.41, 5.74) is 3.32. The first-order chi connectivity index (χ1) is 9.06. The summed E-state index contributed by atoms with van der Waals surface area (Å²) in [5, 5.41) is 0. The van der Waals surface area contributed by atoms with Crippen LogP contribution in [-0.4, -0.2) is 4.98 Å². The van der Waals surface area contributed by atoms with Crippen LogP contribution in [0.15, 0.2) is 22.9 Å². The van der Waals surface area contributed by atoms with Crippen molar-refractivity contribution in [3.05, 3.63) is 38.0 Å². The zero-order valence-corrected chi connectivity index (χ0v) is 13.0. The van der Waals surface area contributed by atoms with Gasteiger partial charge in [-0.1, -0.05) is 0 Å². The quantitative estimate of drug-likeness (QED) is 0.634. The molecule has 0 aromatic carbocycles. The maximum absolute atomic E-state index is 5.66. The van der Waals surface area contributed by atoms with Crippen LogP contribution in [-0.2, 0) is 0 Å². The number of thiophene rings is 2. The second-order valence-corrected chi connectivity index (χ2v) is 7.60. The Morgan fingerprint density at radius 2 is 1.47 bits per heavy atom. The van der Waals surface area contributed by atoms with Gasteiger partial charge in [0.2, 0.25) is 0 Å². The Hall–Kier alpha value is -1.39. The molecule has 98 valence electrons. The van der Waals surface area contributed by atoms with E-state index in [1.165, 1.54) is 30.6 Å². The van der Waals surface area contributed by atoms with Gasteiger partial charge < -0.3 is 4.42 Å². The molecule has 3 aromatic heterocycles. The van der Waals surface area contributed by atoms with E-state index in [2.05, 4.69) is 44.8 Å². The molecule has 4 heteroatoms. The highest BCUT2D eigenvalue weighted by atomic mass is 32.1. The average Bonchev–Trinajstić information content (AvgIpc) is 2.98. The average molecular weight is 289 g/mol. The smallest absolute Gasteiger partial charge is 0.182 e. The maximum atomic E-state index is 5.66. The number of aromatic nitrogens is 1. The van der Waals surface area contributed by atoms with E-state index in [4.69, 9.17) is 4.42 Å². The number of hydrogen-bond acceptors (Lipinski definition) is 4. The van der Waals surface area contributed by atoms with Gasteiger partial charge in [-0.3, -0.25) is 0 Å². The lowest BCUT2D eigenvalue weighted by atomic mass is 10.1. The van der Waals surface area contributed by atoms with Gasteiger partial charge in [-0.15, -0.1) is 22.7 Å². The minimum absolute atomic E-state index is 0.891. The Morgan fingerprint density at radius 3 is 2.00 bits per heavy atom. The molecular formula is C15H15NOS2. The van der Waals surface area contributed by atoms with E-state index in [9.17, 15) is 0 Å². The zero-order valence-electron chi connectivity index (χ0n) is 11.4. The van der Waals surface area contributed by atoms with Gasteiger partial charge in [0.1, 0.15) is 5.69 Å². The van der Waals surface area contributed by atoms with E-state index >= 15 is 0 Å². The van der Waals surface area contributed by atoms with Gasteiger partial charge in [-0.2, -0.15) is 0 Å². The van der Waals surface area contributed by atoms with Crippen LogP contribution in [0.2, 0.25) is 0 Å². The minimum Gasteiger partial charge on any atom is -0.443 e. The van der Waals surface area contributed by atoms with Gasteiger partial charge in [-0.05, 0) is 39.8 Å². The highest BCUT2D eigenvalue weighted by molar-refractivity contribution is 7.12. The third kappa shape index (κ3) is 2.15. The van der Waals surface area contributed by atoms with Crippen LogP contribution < -0.4 is 0 Å². The van der Waals surface area contributed by atoms with E-state index < -0.39 is 0 Å². The van der Waals surface area contributed by atoms with Crippen LogP contribution in [0.25, 0.3) is 22.6 Å². The number of oxazole rings is 1. The SMILES string of the molecule is Cc1cc(-c2ncoc2-c2cc(C)sc2C)c(C)s1. The van der Waals surface area contributed by atoms with Crippen molar-refractivity contribution in [1.29, 1.82) is 0 Å². The summed E-state index contributed by atoms with van der Waals surface area (Å²) in [6.07, 6.45) is 1.55. The Balaban J connectivity index is 2.18. The molecule has 3 rings (SSSR count). The van der Waals surface area contributed by atoms with Gasteiger partial charge in [0.05, 0.1) is 0 Å². The fraction of sp³-hybridized carbons (Fsp3) is 0.267. The second kappa shape index (κ2) is 4.62. The van der Waals surface area contributed by atoms with Gasteiger partial charge in [-0.25, -0.2) is 4.98 Å². The first kappa shape index (κ1) is 12.6. The minimum atomic E-state index is 0.891. The molecule has 0 N–H and O–H groups in total. The summed E-state index contributed by atoms with van der Waals surface area (Å²) in [6, 6.07) is 4.37. The Labute approximate surface area is 120 Å². The molecule has 0 spiro atoms. The van der Waals surface area contributed by atoms with Crippen molar-refractivity contribution in [2.24, 2.45) is 0 Å². The highest BCUT2D eigenvalue weighted by Gasteiger charge is 2.19. The van der Waals surface area contributed by atoms with Gasteiger partial charge in [0.15, 0.2) is 12.2 Å². The van der Waals surface area contributed by atoms with Crippen molar-refractivity contribution in [2.75, 3.05) is 0 Å². The third-order valence-electron chi connectivity index (χ3n) is 3.15. The van der Waals surface area contributed by atoms with Gasteiger partial charge in [0.25, 0.3) is 0 Å². The predicted octanol–water partition coefficient (Wildman–Crippen LogP) is 5.37. The number of rotatable bonds is 2. The fourth-order valence-corrected chi connectivity index (χ4v) is 4.20. The van der Waals surface area contributed by atoms with E-state index in [0.717, 1.165) is 11.5 Å². The molecule has 0 fully saturated rings. The van der Waals surface area contributed by atoms with Crippen LogP contribution in [0.3, 0.4) is 0 Å². The zero-order chi connectivity index (χ0) is 13.6. The Morgan fingerprint density at radius 1 is 0.895 bits per heavy atom. The molecule has 3 heterocycles. The molecule has 2 nitrogen and oxygen atoms in total. The monoisotopic (exact) mass is 289 g/mol. The third-order valence-corrected chi connectivity index (χ3v) is 5.08. The molecule has 0 saturated heterocycles. The molecule has 0 aliphatic heterocycles. The summed E-state index contributed by atoms with van der Waals surface area (Å²) in [4.78, 5) is 9.60. The van der Waals surface area contributed by atoms with E-state index in [1.54, 1.807) is 29.1 Å². The first-order valence-electron chi connectivity index (χ1n) is 6.14. The molecule has 0 unspecified atom stereocenters. The number of hydrogen-bond donors (Lipinski definition) is 0. The number of nitrogens with zero attached hydrogens (tertiary/aromatic N) is 1. The van der Waals surface area contributed by atoms with Crippen molar-refractivity contribution < 1.29 is 4.42 Å². The van der Waals surface area contributed by atoms with Gasteiger partial charge >= 0.3 is 0 Å². The standard InChI is InChI=1S/C15H15NOS2/c1-8-5-12(10(3)18-8)14-15(17-7-16-14)13-6-9(2)19-11(13)4/h5-7H,1-4H3. The molecule has 0 aliphatic rings. The van der Waals surface area contributed by atoms with E-state index in [0.29, 0.717) is 0 Å². The van der Waals surface area contributed by atoms with Crippen molar-refractivity contribution in [3.63, 3.8) is 0 Å². The molecule has 0 bridgehead atoms. The van der Waals surface area contributed by atoms with Crippen LogP contribution in [0, 0.1) is 27.7 Å². The lowest BCUT2D eigenvalue weighted by Crippen LogP contribution is -1.82. The van der Waals surface area contributed by atoms with Crippen LogP contribution >= 0.6 is 22.7 Å². The fourth-order valence-electron chi connectivity index (χ4n) is 2.35. The molecule has 0 atom stereocenters. The Kier molecular flexibility index (Phi) is 3.07. The second-order valence-electron chi connectivity index (χ2n) is 4.68. The van der Waals surface area contributed by atoms with Crippen molar-refractivity contribution >= 4 is 22.7 Å². The summed E-state index contributed by atoms with van der Waals surface area (Å²) >= 11 is 3.60. The molecule has 19 heavy (non-hydrogen) atoms. The molecule has 0 aliphatic carbocycles.